The zero-order valence-electron chi connectivity index (χ0n) is 4.14. The van der Waals surface area contributed by atoms with E-state index in [-0.39, 0.29) is 6.54 Å². The highest BCUT2D eigenvalue weighted by Crippen LogP contribution is 1.52. The molecule has 0 heterocycles. The maximum atomic E-state index is 9.70. The SMILES string of the molecule is C#CNNCC(=O)O. The monoisotopic (exact) mass is 114 g/mol. The molecule has 0 atom stereocenters. The Morgan fingerprint density at radius 3 is 2.88 bits per heavy atom. The molecular formula is C4H6N2O2. The highest BCUT2D eigenvalue weighted by molar-refractivity contribution is 5.68. The number of hydrogen-bond acceptors (Lipinski definition) is 3. The molecule has 0 rings (SSSR count). The third-order valence-electron chi connectivity index (χ3n) is 0.400. The highest BCUT2D eigenvalue weighted by atomic mass is 16.4. The number of aliphatic carboxylic acids is 1. The van der Waals surface area contributed by atoms with E-state index < -0.39 is 5.97 Å². The van der Waals surface area contributed by atoms with Gasteiger partial charge in [0.1, 0.15) is 6.54 Å². The predicted molar refractivity (Wildman–Crippen MR) is 27.6 cm³/mol. The topological polar surface area (TPSA) is 61.4 Å². The summed E-state index contributed by atoms with van der Waals surface area (Å²) in [6, 6.07) is 2.00. The summed E-state index contributed by atoms with van der Waals surface area (Å²) in [4.78, 5) is 9.70. The van der Waals surface area contributed by atoms with Crippen molar-refractivity contribution >= 4 is 5.97 Å². The predicted octanol–water partition coefficient (Wildman–Crippen LogP) is -1.24. The summed E-state index contributed by atoms with van der Waals surface area (Å²) in [5.74, 6) is -0.951. The number of rotatable bonds is 3. The van der Waals surface area contributed by atoms with E-state index >= 15 is 0 Å². The summed E-state index contributed by atoms with van der Waals surface area (Å²) < 4.78 is 0. The van der Waals surface area contributed by atoms with Crippen molar-refractivity contribution in [3.05, 3.63) is 0 Å². The van der Waals surface area contributed by atoms with Gasteiger partial charge in [0.15, 0.2) is 0 Å². The van der Waals surface area contributed by atoms with Gasteiger partial charge in [0.05, 0.1) is 0 Å². The maximum absolute atomic E-state index is 9.70. The Labute approximate surface area is 46.9 Å². The molecule has 0 spiro atoms. The lowest BCUT2D eigenvalue weighted by atomic mass is 10.7. The molecule has 8 heavy (non-hydrogen) atoms. The molecular weight excluding hydrogens is 108 g/mol. The lowest BCUT2D eigenvalue weighted by Gasteiger charge is -1.93. The van der Waals surface area contributed by atoms with Crippen LogP contribution in [0.1, 0.15) is 0 Å². The smallest absolute Gasteiger partial charge is 0.319 e. The van der Waals surface area contributed by atoms with E-state index in [1.165, 1.54) is 0 Å². The molecule has 3 N–H and O–H groups in total. The lowest BCUT2D eigenvalue weighted by molar-refractivity contribution is -0.136. The van der Waals surface area contributed by atoms with E-state index in [1.54, 1.807) is 0 Å². The molecule has 0 fully saturated rings. The Hall–Kier alpha value is -1.21. The van der Waals surface area contributed by atoms with Crippen molar-refractivity contribution in [2.45, 2.75) is 0 Å². The zero-order chi connectivity index (χ0) is 6.41. The zero-order valence-corrected chi connectivity index (χ0v) is 4.14. The van der Waals surface area contributed by atoms with Crippen LogP contribution in [0.5, 0.6) is 0 Å². The first-order chi connectivity index (χ1) is 3.77. The van der Waals surface area contributed by atoms with E-state index in [2.05, 4.69) is 10.9 Å². The van der Waals surface area contributed by atoms with Crippen LogP contribution in [0.25, 0.3) is 0 Å². The molecule has 44 valence electrons. The third kappa shape index (κ3) is 4.79. The number of nitrogens with one attached hydrogen (secondary N) is 2. The molecule has 0 saturated heterocycles. The number of carboxylic acid groups (broad SMARTS) is 1. The van der Waals surface area contributed by atoms with Gasteiger partial charge in [0, 0.05) is 6.04 Å². The summed E-state index contributed by atoms with van der Waals surface area (Å²) in [5.41, 5.74) is 4.43. The van der Waals surface area contributed by atoms with Gasteiger partial charge in [-0.25, -0.2) is 5.43 Å². The second kappa shape index (κ2) is 3.96. The van der Waals surface area contributed by atoms with Gasteiger partial charge in [-0.05, 0) is 0 Å². The Kier molecular flexibility index (Phi) is 3.36. The quantitative estimate of drug-likeness (QED) is 0.186. The molecule has 4 heteroatoms. The van der Waals surface area contributed by atoms with Gasteiger partial charge in [-0.1, -0.05) is 6.42 Å². The number of hydrogen-bond donors (Lipinski definition) is 3. The normalized spacial score (nSPS) is 7.38. The van der Waals surface area contributed by atoms with Crippen molar-refractivity contribution in [2.75, 3.05) is 6.54 Å². The molecule has 0 saturated carbocycles. The van der Waals surface area contributed by atoms with Gasteiger partial charge in [-0.15, -0.1) is 0 Å². The van der Waals surface area contributed by atoms with Crippen molar-refractivity contribution in [1.29, 1.82) is 0 Å². The van der Waals surface area contributed by atoms with Crippen molar-refractivity contribution in [3.8, 4) is 12.5 Å². The molecule has 4 nitrogen and oxygen atoms in total. The van der Waals surface area contributed by atoms with E-state index in [0.29, 0.717) is 0 Å². The summed E-state index contributed by atoms with van der Waals surface area (Å²) in [6.07, 6.45) is 4.70. The molecule has 0 bridgehead atoms. The van der Waals surface area contributed by atoms with Gasteiger partial charge in [0.25, 0.3) is 0 Å². The Balaban J connectivity index is 2.97. The molecule has 0 aliphatic heterocycles. The molecule has 0 aliphatic carbocycles. The standard InChI is InChI=1S/C4H6N2O2/c1-2-5-6-3-4(7)8/h1,5-6H,3H2,(H,7,8). The van der Waals surface area contributed by atoms with Crippen LogP contribution in [-0.2, 0) is 4.79 Å². The molecule has 0 radical (unpaired) electrons. The number of terminal acetylenes is 1. The molecule has 0 amide bonds. The minimum atomic E-state index is -0.951. The van der Waals surface area contributed by atoms with Crippen LogP contribution >= 0.6 is 0 Å². The van der Waals surface area contributed by atoms with Crippen LogP contribution in [0.3, 0.4) is 0 Å². The van der Waals surface area contributed by atoms with Gasteiger partial charge in [-0.3, -0.25) is 10.2 Å². The van der Waals surface area contributed by atoms with E-state index in [4.69, 9.17) is 11.5 Å². The summed E-state index contributed by atoms with van der Waals surface area (Å²) in [5, 5.41) is 7.97. The van der Waals surface area contributed by atoms with Crippen molar-refractivity contribution < 1.29 is 9.90 Å². The second-order valence-electron chi connectivity index (χ2n) is 1.02. The van der Waals surface area contributed by atoms with Crippen molar-refractivity contribution in [2.24, 2.45) is 0 Å². The first-order valence-corrected chi connectivity index (χ1v) is 1.92. The first kappa shape index (κ1) is 6.79. The van der Waals surface area contributed by atoms with Crippen LogP contribution < -0.4 is 10.9 Å². The van der Waals surface area contributed by atoms with Gasteiger partial charge < -0.3 is 5.11 Å². The third-order valence-corrected chi connectivity index (χ3v) is 0.400. The van der Waals surface area contributed by atoms with Crippen LogP contribution in [0.4, 0.5) is 0 Å². The lowest BCUT2D eigenvalue weighted by Crippen LogP contribution is -2.32. The number of carbonyl (C=O) groups is 1. The van der Waals surface area contributed by atoms with Gasteiger partial charge in [0.2, 0.25) is 0 Å². The van der Waals surface area contributed by atoms with Crippen LogP contribution in [-0.4, -0.2) is 17.6 Å². The Morgan fingerprint density at radius 2 is 2.50 bits per heavy atom. The van der Waals surface area contributed by atoms with E-state index in [1.807, 2.05) is 6.04 Å². The minimum Gasteiger partial charge on any atom is -0.480 e. The average molecular weight is 114 g/mol. The maximum Gasteiger partial charge on any atom is 0.319 e. The van der Waals surface area contributed by atoms with Crippen molar-refractivity contribution in [1.82, 2.24) is 10.9 Å². The Bertz CT molecular complexity index is 116. The second-order valence-corrected chi connectivity index (χ2v) is 1.02. The Morgan fingerprint density at radius 1 is 1.88 bits per heavy atom. The largest absolute Gasteiger partial charge is 0.480 e. The molecule has 0 aromatic rings. The molecule has 0 aliphatic rings. The first-order valence-electron chi connectivity index (χ1n) is 1.92. The van der Waals surface area contributed by atoms with Crippen LogP contribution in [0.2, 0.25) is 0 Å². The van der Waals surface area contributed by atoms with E-state index in [9.17, 15) is 4.79 Å². The minimum absolute atomic E-state index is 0.176. The molecule has 0 aromatic heterocycles. The number of hydrazine groups is 1. The summed E-state index contributed by atoms with van der Waals surface area (Å²) in [7, 11) is 0. The van der Waals surface area contributed by atoms with Crippen LogP contribution in [0.15, 0.2) is 0 Å². The summed E-state index contributed by atoms with van der Waals surface area (Å²) >= 11 is 0. The van der Waals surface area contributed by atoms with Gasteiger partial charge in [-0.2, -0.15) is 0 Å². The van der Waals surface area contributed by atoms with E-state index in [0.717, 1.165) is 0 Å². The highest BCUT2D eigenvalue weighted by Gasteiger charge is 1.89. The fourth-order valence-electron chi connectivity index (χ4n) is 0.171. The number of carboxylic acids is 1. The van der Waals surface area contributed by atoms with Crippen LogP contribution in [0, 0.1) is 12.5 Å². The van der Waals surface area contributed by atoms with Crippen molar-refractivity contribution in [3.63, 3.8) is 0 Å². The molecule has 0 aromatic carbocycles. The fraction of sp³-hybridized carbons (Fsp3) is 0.250. The summed E-state index contributed by atoms with van der Waals surface area (Å²) in [6.45, 7) is -0.176. The average Bonchev–Trinajstić information content (AvgIpc) is 1.66. The van der Waals surface area contributed by atoms with Gasteiger partial charge >= 0.3 is 5.97 Å². The molecule has 0 unspecified atom stereocenters. The fourth-order valence-corrected chi connectivity index (χ4v) is 0.171.